The second-order valence-corrected chi connectivity index (χ2v) is 7.06. The molecule has 2 saturated carbocycles. The van der Waals surface area contributed by atoms with Crippen molar-refractivity contribution < 1.29 is 14.3 Å². The van der Waals surface area contributed by atoms with E-state index < -0.39 is 5.54 Å². The first-order valence-electron chi connectivity index (χ1n) is 8.52. The second kappa shape index (κ2) is 7.59. The molecule has 0 radical (unpaired) electrons. The van der Waals surface area contributed by atoms with Gasteiger partial charge in [0.05, 0.1) is 13.7 Å². The van der Waals surface area contributed by atoms with Gasteiger partial charge in [-0.15, -0.1) is 0 Å². The predicted octanol–water partition coefficient (Wildman–Crippen LogP) is 2.90. The van der Waals surface area contributed by atoms with Crippen LogP contribution in [0.5, 0.6) is 0 Å². The van der Waals surface area contributed by atoms with Crippen LogP contribution in [0.3, 0.4) is 0 Å². The monoisotopic (exact) mass is 297 g/mol. The lowest BCUT2D eigenvalue weighted by Crippen LogP contribution is -2.60. The number of carbonyl (C=O) groups excluding carboxylic acids is 1. The van der Waals surface area contributed by atoms with Crippen molar-refractivity contribution >= 4 is 5.97 Å². The normalized spacial score (nSPS) is 23.0. The predicted molar refractivity (Wildman–Crippen MR) is 83.1 cm³/mol. The van der Waals surface area contributed by atoms with E-state index in [4.69, 9.17) is 9.47 Å². The van der Waals surface area contributed by atoms with Gasteiger partial charge in [-0.3, -0.25) is 5.32 Å². The van der Waals surface area contributed by atoms with Crippen LogP contribution in [0, 0.1) is 11.8 Å². The Labute approximate surface area is 129 Å². The molecule has 1 N–H and O–H groups in total. The van der Waals surface area contributed by atoms with E-state index in [1.165, 1.54) is 39.2 Å². The highest BCUT2D eigenvalue weighted by Crippen LogP contribution is 2.41. The Balaban J connectivity index is 1.92. The summed E-state index contributed by atoms with van der Waals surface area (Å²) in [5.41, 5.74) is -0.641. The SMILES string of the molecule is COC(=O)C(COCC1CCCCC1)(NC(C)C)C1CC1. The first-order chi connectivity index (χ1) is 10.1. The van der Waals surface area contributed by atoms with Gasteiger partial charge in [0.2, 0.25) is 0 Å². The molecule has 4 nitrogen and oxygen atoms in total. The molecule has 0 aliphatic heterocycles. The highest BCUT2D eigenvalue weighted by molar-refractivity contribution is 5.82. The van der Waals surface area contributed by atoms with E-state index in [0.29, 0.717) is 18.4 Å². The lowest BCUT2D eigenvalue weighted by molar-refractivity contribution is -0.154. The highest BCUT2D eigenvalue weighted by atomic mass is 16.5. The molecule has 0 spiro atoms. The summed E-state index contributed by atoms with van der Waals surface area (Å²) >= 11 is 0. The molecule has 0 aromatic carbocycles. The number of hydrogen-bond acceptors (Lipinski definition) is 4. The molecule has 0 amide bonds. The lowest BCUT2D eigenvalue weighted by Gasteiger charge is -2.34. The first-order valence-corrected chi connectivity index (χ1v) is 8.52. The summed E-state index contributed by atoms with van der Waals surface area (Å²) in [6, 6.07) is 0.239. The number of methoxy groups -OCH3 is 1. The smallest absolute Gasteiger partial charge is 0.328 e. The third-order valence-electron chi connectivity index (χ3n) is 4.78. The van der Waals surface area contributed by atoms with Crippen molar-refractivity contribution in [2.45, 2.75) is 70.4 Å². The number of rotatable bonds is 8. The van der Waals surface area contributed by atoms with Crippen molar-refractivity contribution in [2.24, 2.45) is 11.8 Å². The Morgan fingerprint density at radius 1 is 1.19 bits per heavy atom. The fourth-order valence-corrected chi connectivity index (χ4v) is 3.58. The van der Waals surface area contributed by atoms with Gasteiger partial charge in [-0.05, 0) is 51.4 Å². The Bertz CT molecular complexity index is 335. The maximum absolute atomic E-state index is 12.4. The van der Waals surface area contributed by atoms with Crippen LogP contribution >= 0.6 is 0 Å². The van der Waals surface area contributed by atoms with Crippen molar-refractivity contribution in [3.63, 3.8) is 0 Å². The molecule has 1 unspecified atom stereocenters. The molecule has 0 aromatic rings. The largest absolute Gasteiger partial charge is 0.468 e. The second-order valence-electron chi connectivity index (χ2n) is 7.06. The van der Waals surface area contributed by atoms with Crippen LogP contribution in [-0.4, -0.2) is 37.9 Å². The number of hydrogen-bond donors (Lipinski definition) is 1. The van der Waals surface area contributed by atoms with Gasteiger partial charge in [-0.1, -0.05) is 19.3 Å². The minimum absolute atomic E-state index is 0.164. The van der Waals surface area contributed by atoms with E-state index in [1.807, 2.05) is 0 Å². The molecule has 0 heterocycles. The van der Waals surface area contributed by atoms with E-state index in [2.05, 4.69) is 19.2 Å². The topological polar surface area (TPSA) is 47.6 Å². The van der Waals surface area contributed by atoms with E-state index in [-0.39, 0.29) is 12.0 Å². The van der Waals surface area contributed by atoms with Crippen LogP contribution in [-0.2, 0) is 14.3 Å². The van der Waals surface area contributed by atoms with Gasteiger partial charge in [0.1, 0.15) is 5.54 Å². The van der Waals surface area contributed by atoms with Gasteiger partial charge in [0.15, 0.2) is 0 Å². The van der Waals surface area contributed by atoms with E-state index in [0.717, 1.165) is 19.4 Å². The quantitative estimate of drug-likeness (QED) is 0.700. The van der Waals surface area contributed by atoms with Crippen LogP contribution in [0.15, 0.2) is 0 Å². The number of nitrogens with one attached hydrogen (secondary N) is 1. The van der Waals surface area contributed by atoms with Gasteiger partial charge in [-0.25, -0.2) is 4.79 Å². The maximum atomic E-state index is 12.4. The molecular formula is C17H31NO3. The van der Waals surface area contributed by atoms with Crippen molar-refractivity contribution in [1.82, 2.24) is 5.32 Å². The van der Waals surface area contributed by atoms with Crippen molar-refractivity contribution in [2.75, 3.05) is 20.3 Å². The summed E-state index contributed by atoms with van der Waals surface area (Å²) in [6.07, 6.45) is 8.72. The van der Waals surface area contributed by atoms with E-state index in [9.17, 15) is 4.79 Å². The average molecular weight is 297 g/mol. The summed E-state index contributed by atoms with van der Waals surface area (Å²) in [4.78, 5) is 12.4. The van der Waals surface area contributed by atoms with Crippen LogP contribution in [0.25, 0.3) is 0 Å². The molecule has 1 atom stereocenters. The van der Waals surface area contributed by atoms with Crippen LogP contribution in [0.1, 0.15) is 58.8 Å². The molecule has 2 rings (SSSR count). The highest BCUT2D eigenvalue weighted by Gasteiger charge is 2.52. The summed E-state index contributed by atoms with van der Waals surface area (Å²) in [7, 11) is 1.47. The van der Waals surface area contributed by atoms with Gasteiger partial charge in [-0.2, -0.15) is 0 Å². The molecule has 2 fully saturated rings. The summed E-state index contributed by atoms with van der Waals surface area (Å²) in [5, 5.41) is 3.44. The summed E-state index contributed by atoms with van der Waals surface area (Å²) in [6.45, 7) is 5.37. The fourth-order valence-electron chi connectivity index (χ4n) is 3.58. The minimum atomic E-state index is -0.641. The Morgan fingerprint density at radius 3 is 2.38 bits per heavy atom. The maximum Gasteiger partial charge on any atom is 0.328 e. The zero-order chi connectivity index (χ0) is 15.3. The van der Waals surface area contributed by atoms with E-state index >= 15 is 0 Å². The van der Waals surface area contributed by atoms with Crippen LogP contribution in [0.4, 0.5) is 0 Å². The third-order valence-corrected chi connectivity index (χ3v) is 4.78. The fraction of sp³-hybridized carbons (Fsp3) is 0.941. The van der Waals surface area contributed by atoms with Crippen molar-refractivity contribution in [3.8, 4) is 0 Å². The number of ether oxygens (including phenoxy) is 2. The molecule has 0 saturated heterocycles. The van der Waals surface area contributed by atoms with E-state index in [1.54, 1.807) is 0 Å². The number of esters is 1. The molecule has 21 heavy (non-hydrogen) atoms. The van der Waals surface area contributed by atoms with Gasteiger partial charge >= 0.3 is 5.97 Å². The number of carbonyl (C=O) groups is 1. The molecule has 2 aliphatic carbocycles. The molecule has 122 valence electrons. The summed E-state index contributed by atoms with van der Waals surface area (Å²) < 4.78 is 11.1. The lowest BCUT2D eigenvalue weighted by atomic mass is 9.89. The summed E-state index contributed by atoms with van der Waals surface area (Å²) in [5.74, 6) is 0.869. The van der Waals surface area contributed by atoms with Gasteiger partial charge in [0.25, 0.3) is 0 Å². The first kappa shape index (κ1) is 16.8. The average Bonchev–Trinajstić information content (AvgIpc) is 3.31. The Hall–Kier alpha value is -0.610. The van der Waals surface area contributed by atoms with Gasteiger partial charge < -0.3 is 9.47 Å². The van der Waals surface area contributed by atoms with Crippen LogP contribution < -0.4 is 5.32 Å². The zero-order valence-corrected chi connectivity index (χ0v) is 13.8. The molecular weight excluding hydrogens is 266 g/mol. The zero-order valence-electron chi connectivity index (χ0n) is 13.8. The van der Waals surface area contributed by atoms with Gasteiger partial charge in [0, 0.05) is 12.6 Å². The third kappa shape index (κ3) is 4.43. The Morgan fingerprint density at radius 2 is 1.86 bits per heavy atom. The molecule has 4 heteroatoms. The molecule has 0 aromatic heterocycles. The Kier molecular flexibility index (Phi) is 6.06. The molecule has 2 aliphatic rings. The van der Waals surface area contributed by atoms with Crippen molar-refractivity contribution in [1.29, 1.82) is 0 Å². The molecule has 0 bridgehead atoms. The standard InChI is InChI=1S/C17H31NO3/c1-13(2)18-17(15-9-10-15,16(19)20-3)12-21-11-14-7-5-4-6-8-14/h13-15,18H,4-12H2,1-3H3. The van der Waals surface area contributed by atoms with Crippen molar-refractivity contribution in [3.05, 3.63) is 0 Å². The minimum Gasteiger partial charge on any atom is -0.468 e. The van der Waals surface area contributed by atoms with Crippen LogP contribution in [0.2, 0.25) is 0 Å².